The number of hydrogen-bond donors (Lipinski definition) is 4. The van der Waals surface area contributed by atoms with Crippen LogP contribution in [0.3, 0.4) is 0 Å². The van der Waals surface area contributed by atoms with Crippen molar-refractivity contribution in [3.63, 3.8) is 0 Å². The first-order valence-electron chi connectivity index (χ1n) is 20.2. The van der Waals surface area contributed by atoms with Crippen LogP contribution in [0.2, 0.25) is 0 Å². The summed E-state index contributed by atoms with van der Waals surface area (Å²) in [5, 5.41) is 31.4. The zero-order valence-corrected chi connectivity index (χ0v) is 34.8. The largest absolute Gasteiger partial charge is 0.457 e. The van der Waals surface area contributed by atoms with Crippen molar-refractivity contribution in [1.29, 1.82) is 0 Å². The highest BCUT2D eigenvalue weighted by atomic mass is 16.6. The fourth-order valence-electron chi connectivity index (χ4n) is 6.24. The van der Waals surface area contributed by atoms with Crippen LogP contribution in [0.1, 0.15) is 92.6 Å². The van der Waals surface area contributed by atoms with Crippen molar-refractivity contribution < 1.29 is 48.0 Å². The first-order valence-corrected chi connectivity index (χ1v) is 20.2. The van der Waals surface area contributed by atoms with Crippen LogP contribution in [-0.4, -0.2) is 88.0 Å². The van der Waals surface area contributed by atoms with E-state index in [1.807, 2.05) is 44.2 Å². The van der Waals surface area contributed by atoms with E-state index in [9.17, 15) is 24.9 Å². The van der Waals surface area contributed by atoms with Gasteiger partial charge in [0.05, 0.1) is 24.7 Å². The summed E-state index contributed by atoms with van der Waals surface area (Å²) < 4.78 is 28.8. The fraction of sp³-hybridized carbons (Fsp3) is 0.478. The zero-order chi connectivity index (χ0) is 42.8. The Balaban J connectivity index is 1.58. The van der Waals surface area contributed by atoms with Gasteiger partial charge in [-0.05, 0) is 37.6 Å². The molecule has 1 aliphatic carbocycles. The van der Waals surface area contributed by atoms with E-state index in [0.717, 1.165) is 6.42 Å². The summed E-state index contributed by atoms with van der Waals surface area (Å²) in [6.45, 7) is 7.73. The number of cyclic esters (lactones) is 2. The predicted octanol–water partition coefficient (Wildman–Crippen LogP) is 6.81. The van der Waals surface area contributed by atoms with E-state index in [1.165, 1.54) is 12.5 Å². The molecule has 0 saturated heterocycles. The molecule has 7 atom stereocenters. The van der Waals surface area contributed by atoms with E-state index < -0.39 is 53.3 Å². The van der Waals surface area contributed by atoms with Gasteiger partial charge in [0.25, 0.3) is 0 Å². The average Bonchev–Trinajstić information content (AvgIpc) is 3.52. The van der Waals surface area contributed by atoms with Crippen molar-refractivity contribution >= 4 is 18.0 Å². The number of nitrogens with two attached hydrogens (primary N) is 1. The van der Waals surface area contributed by atoms with Gasteiger partial charge in [0.2, 0.25) is 5.89 Å². The number of carbonyl (C=O) groups excluding carboxylic acids is 2. The Morgan fingerprint density at radius 2 is 1.39 bits per heavy atom. The highest BCUT2D eigenvalue weighted by molar-refractivity contribution is 5.87. The number of aliphatic hydroxyl groups excluding tert-OH is 3. The summed E-state index contributed by atoms with van der Waals surface area (Å²) in [6.07, 6.45) is 30.8. The zero-order valence-electron chi connectivity index (χ0n) is 34.8. The van der Waals surface area contributed by atoms with Crippen LogP contribution in [0.4, 0.5) is 0 Å². The van der Waals surface area contributed by atoms with E-state index in [-0.39, 0.29) is 36.7 Å². The molecule has 1 saturated carbocycles. The lowest BCUT2D eigenvalue weighted by Gasteiger charge is -2.36. The molecule has 0 amide bonds. The molecule has 5 N–H and O–H groups in total. The van der Waals surface area contributed by atoms with Crippen LogP contribution in [0.25, 0.3) is 6.08 Å². The number of hydrogen-bond acceptors (Lipinski definition) is 13. The van der Waals surface area contributed by atoms with E-state index in [1.54, 1.807) is 75.6 Å². The van der Waals surface area contributed by atoms with E-state index in [0.29, 0.717) is 43.5 Å². The number of rotatable bonds is 11. The van der Waals surface area contributed by atoms with E-state index in [2.05, 4.69) is 22.1 Å². The molecule has 2 aromatic heterocycles. The van der Waals surface area contributed by atoms with Gasteiger partial charge < -0.3 is 44.1 Å². The van der Waals surface area contributed by atoms with Gasteiger partial charge in [-0.15, -0.1) is 0 Å². The van der Waals surface area contributed by atoms with Crippen LogP contribution >= 0.6 is 0 Å². The van der Waals surface area contributed by atoms with Crippen LogP contribution in [0, 0.1) is 22.7 Å². The number of allylic oxidation sites excluding steroid dienone is 8. The topological polar surface area (TPSA) is 201 Å². The van der Waals surface area contributed by atoms with Crippen molar-refractivity contribution in [1.82, 2.24) is 9.97 Å². The van der Waals surface area contributed by atoms with Gasteiger partial charge in [0.1, 0.15) is 24.7 Å². The molecule has 59 heavy (non-hydrogen) atoms. The summed E-state index contributed by atoms with van der Waals surface area (Å²) >= 11 is 0. The SMILES string of the molecule is CO[C@H]1/C=C/C=C\C=C/C[C@@H](C(C)(C)[C@@H](O)/C=C/CCO)OC(=O)c2coc(n2)/C=C\C=C\[C@@H]2C[C@@H]2/C=C\C[C@@H](C(C)(C)[C@@H](O)/C=C/CCN)OC(=O)c2coc(n2)C1. The molecule has 0 aromatic carbocycles. The standard InChI is InChI=1S/C46H61N3O10/c1-45(2,38(52)22-14-16-27-50)39-23-10-8-6-7-9-20-34(55-5)29-42-49-36(31-57-42)44(54)59-40(46(3,4)37(51)21-13-15-26-47)24-17-19-33-28-32(33)18-11-12-25-41-48-35(30-56-41)43(53)58-39/h6-14,17-22,25,30-34,37-40,50-52H,15-16,23-24,26-29,47H2,1-5H3/b7-6-,10-8-,18-11+,19-17-,20-9+,21-13+,22-14+,25-12-/t32-,33+,34+,37+,38+,39+,40+/m1/s1. The second-order valence-corrected chi connectivity index (χ2v) is 15.8. The van der Waals surface area contributed by atoms with Gasteiger partial charge in [-0.2, -0.15) is 0 Å². The van der Waals surface area contributed by atoms with Crippen LogP contribution in [0.5, 0.6) is 0 Å². The number of fused-ring (bicyclic) bond motifs is 5. The molecule has 2 aromatic rings. The second-order valence-electron chi connectivity index (χ2n) is 15.8. The number of oxazole rings is 2. The van der Waals surface area contributed by atoms with Gasteiger partial charge >= 0.3 is 11.9 Å². The molecule has 4 bridgehead atoms. The van der Waals surface area contributed by atoms with E-state index in [4.69, 9.17) is 28.8 Å². The second kappa shape index (κ2) is 23.0. The van der Waals surface area contributed by atoms with Crippen LogP contribution in [-0.2, 0) is 20.6 Å². The summed E-state index contributed by atoms with van der Waals surface area (Å²) in [7, 11) is 1.56. The minimum absolute atomic E-state index is 0.000687. The minimum atomic E-state index is -0.973. The first kappa shape index (κ1) is 46.8. The maximum Gasteiger partial charge on any atom is 0.360 e. The van der Waals surface area contributed by atoms with E-state index >= 15 is 0 Å². The Labute approximate surface area is 347 Å². The Hall–Kier alpha value is -4.92. The van der Waals surface area contributed by atoms with Crippen LogP contribution < -0.4 is 5.73 Å². The summed E-state index contributed by atoms with van der Waals surface area (Å²) in [6, 6.07) is 0. The molecular formula is C46H61N3O10. The Bertz CT molecular complexity index is 1880. The highest BCUT2D eigenvalue weighted by Crippen LogP contribution is 2.41. The molecule has 3 heterocycles. The van der Waals surface area contributed by atoms with Gasteiger partial charge in [-0.25, -0.2) is 19.6 Å². The summed E-state index contributed by atoms with van der Waals surface area (Å²) in [4.78, 5) is 35.5. The summed E-state index contributed by atoms with van der Waals surface area (Å²) in [5.74, 6) is -0.218. The smallest absolute Gasteiger partial charge is 0.360 e. The molecule has 0 radical (unpaired) electrons. The quantitative estimate of drug-likeness (QED) is 0.136. The predicted molar refractivity (Wildman–Crippen MR) is 225 cm³/mol. The Kier molecular flexibility index (Phi) is 18.2. The van der Waals surface area contributed by atoms with Crippen molar-refractivity contribution in [3.05, 3.63) is 127 Å². The Morgan fingerprint density at radius 3 is 2.05 bits per heavy atom. The summed E-state index contributed by atoms with van der Waals surface area (Å²) in [5.41, 5.74) is 3.89. The third kappa shape index (κ3) is 14.4. The van der Waals surface area contributed by atoms with Gasteiger partial charge in [-0.3, -0.25) is 0 Å². The monoisotopic (exact) mass is 815 g/mol. The number of nitrogens with zero attached hydrogens (tertiary/aromatic N) is 2. The number of ether oxygens (including phenoxy) is 3. The Morgan fingerprint density at radius 1 is 0.797 bits per heavy atom. The number of esters is 2. The molecule has 1 aliphatic heterocycles. The average molecular weight is 816 g/mol. The van der Waals surface area contributed by atoms with Crippen LogP contribution in [0.15, 0.2) is 113 Å². The highest BCUT2D eigenvalue weighted by Gasteiger charge is 2.40. The molecule has 320 valence electrons. The van der Waals surface area contributed by atoms with Crippen molar-refractivity contribution in [3.8, 4) is 0 Å². The lowest BCUT2D eigenvalue weighted by molar-refractivity contribution is -0.0462. The molecule has 2 aliphatic rings. The van der Waals surface area contributed by atoms with Gasteiger partial charge in [-0.1, -0.05) is 119 Å². The number of methoxy groups -OCH3 is 1. The molecule has 13 nitrogen and oxygen atoms in total. The lowest BCUT2D eigenvalue weighted by Crippen LogP contribution is -2.42. The molecule has 13 heteroatoms. The number of aromatic nitrogens is 2. The third-order valence-corrected chi connectivity index (χ3v) is 10.6. The molecular weight excluding hydrogens is 755 g/mol. The fourth-order valence-corrected chi connectivity index (χ4v) is 6.24. The normalized spacial score (nSPS) is 27.2. The minimum Gasteiger partial charge on any atom is -0.457 e. The molecule has 0 unspecified atom stereocenters. The molecule has 4 rings (SSSR count). The number of aliphatic hydroxyl groups is 3. The van der Waals surface area contributed by atoms with Crippen molar-refractivity contribution in [2.45, 2.75) is 96.7 Å². The maximum atomic E-state index is 13.4. The maximum absolute atomic E-state index is 13.4. The van der Waals surface area contributed by atoms with Gasteiger partial charge in [0, 0.05) is 43.5 Å². The number of carbonyl (C=O) groups is 2. The molecule has 1 fully saturated rings. The first-order chi connectivity index (χ1) is 28.3. The van der Waals surface area contributed by atoms with Gasteiger partial charge in [0.15, 0.2) is 17.3 Å². The van der Waals surface area contributed by atoms with Crippen molar-refractivity contribution in [2.75, 3.05) is 20.3 Å². The molecule has 0 spiro atoms. The third-order valence-electron chi connectivity index (χ3n) is 10.6. The van der Waals surface area contributed by atoms with Crippen molar-refractivity contribution in [2.24, 2.45) is 28.4 Å². The lowest BCUT2D eigenvalue weighted by atomic mass is 9.78.